The number of carbonyl (C=O) groups is 2. The van der Waals surface area contributed by atoms with Gasteiger partial charge in [-0.1, -0.05) is 13.3 Å². The van der Waals surface area contributed by atoms with Crippen LogP contribution in [0.3, 0.4) is 0 Å². The Morgan fingerprint density at radius 3 is 2.47 bits per heavy atom. The number of rotatable bonds is 10. The maximum absolute atomic E-state index is 11.6. The molecule has 0 aliphatic heterocycles. The lowest BCUT2D eigenvalue weighted by molar-refractivity contribution is -0.144. The Hall–Kier alpha value is -1.30. The summed E-state index contributed by atoms with van der Waals surface area (Å²) in [7, 11) is 1.66. The normalized spacial score (nSPS) is 13.6. The highest BCUT2D eigenvalue weighted by Gasteiger charge is 2.33. The Morgan fingerprint density at radius 1 is 1.26 bits per heavy atom. The van der Waals surface area contributed by atoms with Crippen molar-refractivity contribution < 1.29 is 19.4 Å². The zero-order chi connectivity index (χ0) is 14.7. The second-order valence-corrected chi connectivity index (χ2v) is 4.82. The van der Waals surface area contributed by atoms with E-state index in [2.05, 4.69) is 10.6 Å². The van der Waals surface area contributed by atoms with Crippen LogP contribution in [0.1, 0.15) is 46.0 Å². The molecule has 3 N–H and O–H groups in total. The average Bonchev–Trinajstić information content (AvgIpc) is 2.33. The van der Waals surface area contributed by atoms with E-state index in [0.717, 1.165) is 25.9 Å². The second-order valence-electron chi connectivity index (χ2n) is 4.82. The summed E-state index contributed by atoms with van der Waals surface area (Å²) in [6, 6.07) is -0.426. The van der Waals surface area contributed by atoms with Crippen LogP contribution in [0.25, 0.3) is 0 Å². The summed E-state index contributed by atoms with van der Waals surface area (Å²) in [5.74, 6) is -1.01. The molecule has 0 aromatic heterocycles. The van der Waals surface area contributed by atoms with Gasteiger partial charge in [-0.2, -0.15) is 0 Å². The van der Waals surface area contributed by atoms with Crippen molar-refractivity contribution in [3.05, 3.63) is 0 Å². The number of methoxy groups -OCH3 is 1. The maximum atomic E-state index is 11.6. The molecule has 0 bridgehead atoms. The number of aliphatic carboxylic acids is 1. The van der Waals surface area contributed by atoms with Crippen LogP contribution in [-0.4, -0.2) is 42.9 Å². The van der Waals surface area contributed by atoms with Crippen molar-refractivity contribution in [2.24, 2.45) is 0 Å². The van der Waals surface area contributed by atoms with Crippen molar-refractivity contribution in [1.29, 1.82) is 0 Å². The number of carboxylic acid groups (broad SMARTS) is 1. The highest BCUT2D eigenvalue weighted by Crippen LogP contribution is 2.12. The largest absolute Gasteiger partial charge is 0.480 e. The van der Waals surface area contributed by atoms with Gasteiger partial charge in [0.2, 0.25) is 0 Å². The molecule has 0 aromatic rings. The van der Waals surface area contributed by atoms with E-state index in [4.69, 9.17) is 9.84 Å². The van der Waals surface area contributed by atoms with Gasteiger partial charge >= 0.3 is 12.0 Å². The molecule has 0 saturated carbocycles. The predicted molar refractivity (Wildman–Crippen MR) is 73.2 cm³/mol. The number of unbranched alkanes of at least 4 members (excludes halogenated alkanes) is 2. The summed E-state index contributed by atoms with van der Waals surface area (Å²) in [5, 5.41) is 14.3. The fourth-order valence-electron chi connectivity index (χ4n) is 1.77. The van der Waals surface area contributed by atoms with Crippen LogP contribution in [0.5, 0.6) is 0 Å². The standard InChI is InChI=1S/C13H26N2O4/c1-4-8-13(2,11(16)17)15-12(18)14-9-6-5-7-10-19-3/h4-10H2,1-3H3,(H,16,17)(H2,14,15,18). The molecule has 19 heavy (non-hydrogen) atoms. The highest BCUT2D eigenvalue weighted by atomic mass is 16.5. The van der Waals surface area contributed by atoms with Crippen LogP contribution in [0.4, 0.5) is 4.79 Å². The molecular weight excluding hydrogens is 248 g/mol. The third-order valence-electron chi connectivity index (χ3n) is 2.92. The lowest BCUT2D eigenvalue weighted by atomic mass is 9.97. The number of amides is 2. The van der Waals surface area contributed by atoms with Crippen LogP contribution in [-0.2, 0) is 9.53 Å². The first-order valence-corrected chi connectivity index (χ1v) is 6.74. The van der Waals surface area contributed by atoms with Gasteiger partial charge in [0.05, 0.1) is 0 Å². The Bertz CT molecular complexity index is 284. The third-order valence-corrected chi connectivity index (χ3v) is 2.92. The molecule has 0 rings (SSSR count). The summed E-state index contributed by atoms with van der Waals surface area (Å²) >= 11 is 0. The topological polar surface area (TPSA) is 87.7 Å². The Labute approximate surface area is 114 Å². The predicted octanol–water partition coefficient (Wildman–Crippen LogP) is 1.75. The first-order chi connectivity index (χ1) is 8.96. The zero-order valence-electron chi connectivity index (χ0n) is 12.1. The monoisotopic (exact) mass is 274 g/mol. The van der Waals surface area contributed by atoms with E-state index in [1.54, 1.807) is 7.11 Å². The molecule has 0 aliphatic carbocycles. The van der Waals surface area contributed by atoms with Crippen molar-refractivity contribution >= 4 is 12.0 Å². The van der Waals surface area contributed by atoms with Gasteiger partial charge in [0, 0.05) is 20.3 Å². The number of hydrogen-bond donors (Lipinski definition) is 3. The molecule has 1 unspecified atom stereocenters. The Kier molecular flexibility index (Phi) is 8.95. The van der Waals surface area contributed by atoms with Crippen LogP contribution in [0.15, 0.2) is 0 Å². The van der Waals surface area contributed by atoms with Gasteiger partial charge < -0.3 is 20.5 Å². The zero-order valence-corrected chi connectivity index (χ0v) is 12.1. The summed E-state index contributed by atoms with van der Waals surface area (Å²) in [5.41, 5.74) is -1.20. The molecule has 2 amide bonds. The highest BCUT2D eigenvalue weighted by molar-refractivity contribution is 5.85. The van der Waals surface area contributed by atoms with Crippen LogP contribution >= 0.6 is 0 Å². The van der Waals surface area contributed by atoms with Gasteiger partial charge in [0.1, 0.15) is 5.54 Å². The quantitative estimate of drug-likeness (QED) is 0.530. The fourth-order valence-corrected chi connectivity index (χ4v) is 1.77. The molecule has 112 valence electrons. The van der Waals surface area contributed by atoms with Gasteiger partial charge in [-0.15, -0.1) is 0 Å². The van der Waals surface area contributed by atoms with Crippen LogP contribution in [0.2, 0.25) is 0 Å². The first kappa shape index (κ1) is 17.7. The molecule has 0 aliphatic rings. The van der Waals surface area contributed by atoms with E-state index < -0.39 is 17.5 Å². The fraction of sp³-hybridized carbons (Fsp3) is 0.846. The van der Waals surface area contributed by atoms with Crippen LogP contribution < -0.4 is 10.6 Å². The van der Waals surface area contributed by atoms with Crippen molar-refractivity contribution in [2.45, 2.75) is 51.5 Å². The molecule has 6 nitrogen and oxygen atoms in total. The second kappa shape index (κ2) is 9.61. The van der Waals surface area contributed by atoms with Gasteiger partial charge in [-0.3, -0.25) is 0 Å². The number of nitrogens with one attached hydrogen (secondary N) is 2. The number of ether oxygens (including phenoxy) is 1. The van der Waals surface area contributed by atoms with E-state index in [-0.39, 0.29) is 0 Å². The molecule has 0 aromatic carbocycles. The van der Waals surface area contributed by atoms with Gasteiger partial charge in [0.25, 0.3) is 0 Å². The first-order valence-electron chi connectivity index (χ1n) is 6.74. The Morgan fingerprint density at radius 2 is 1.95 bits per heavy atom. The lowest BCUT2D eigenvalue weighted by Crippen LogP contribution is -2.55. The van der Waals surface area contributed by atoms with Gasteiger partial charge in [0.15, 0.2) is 0 Å². The van der Waals surface area contributed by atoms with Gasteiger partial charge in [-0.05, 0) is 32.6 Å². The number of hydrogen-bond acceptors (Lipinski definition) is 3. The van der Waals surface area contributed by atoms with E-state index in [1.165, 1.54) is 6.92 Å². The van der Waals surface area contributed by atoms with Crippen molar-refractivity contribution in [1.82, 2.24) is 10.6 Å². The molecule has 0 radical (unpaired) electrons. The number of carbonyl (C=O) groups excluding carboxylic acids is 1. The van der Waals surface area contributed by atoms with Crippen LogP contribution in [0, 0.1) is 0 Å². The molecular formula is C13H26N2O4. The minimum absolute atomic E-state index is 0.406. The number of urea groups is 1. The summed E-state index contributed by atoms with van der Waals surface area (Å²) < 4.78 is 4.92. The molecule has 0 fully saturated rings. The minimum Gasteiger partial charge on any atom is -0.480 e. The average molecular weight is 274 g/mol. The van der Waals surface area contributed by atoms with E-state index in [1.807, 2.05) is 6.92 Å². The molecule has 0 heterocycles. The maximum Gasteiger partial charge on any atom is 0.329 e. The lowest BCUT2D eigenvalue weighted by Gasteiger charge is -2.25. The minimum atomic E-state index is -1.20. The van der Waals surface area contributed by atoms with E-state index >= 15 is 0 Å². The van der Waals surface area contributed by atoms with Gasteiger partial charge in [-0.25, -0.2) is 9.59 Å². The smallest absolute Gasteiger partial charge is 0.329 e. The molecule has 6 heteroatoms. The number of carboxylic acids is 1. The SMILES string of the molecule is CCCC(C)(NC(=O)NCCCCCOC)C(=O)O. The summed E-state index contributed by atoms with van der Waals surface area (Å²) in [6.45, 7) is 4.67. The molecule has 0 saturated heterocycles. The third kappa shape index (κ3) is 7.66. The molecule has 0 spiro atoms. The molecule has 1 atom stereocenters. The van der Waals surface area contributed by atoms with E-state index in [9.17, 15) is 9.59 Å². The summed E-state index contributed by atoms with van der Waals surface area (Å²) in [6.07, 6.45) is 3.89. The van der Waals surface area contributed by atoms with Crippen molar-refractivity contribution in [3.8, 4) is 0 Å². The Balaban J connectivity index is 3.91. The van der Waals surface area contributed by atoms with Crippen molar-refractivity contribution in [3.63, 3.8) is 0 Å². The van der Waals surface area contributed by atoms with Crippen molar-refractivity contribution in [2.75, 3.05) is 20.3 Å². The summed E-state index contributed by atoms with van der Waals surface area (Å²) in [4.78, 5) is 22.8. The van der Waals surface area contributed by atoms with E-state index in [0.29, 0.717) is 19.4 Å².